The third-order valence-corrected chi connectivity index (χ3v) is 8.88. The average Bonchev–Trinajstić information content (AvgIpc) is 2.98. The SMILES string of the molecule is Cc1cc(C)c(N2CC(c3ccccc3)N(c3c(C)cc(C)cc3C)P2S)c(C)c1. The summed E-state index contributed by atoms with van der Waals surface area (Å²) in [7, 11) is -0.830. The molecule has 0 aliphatic carbocycles. The number of benzene rings is 3. The third kappa shape index (κ3) is 3.74. The predicted molar refractivity (Wildman–Crippen MR) is 136 cm³/mol. The second kappa shape index (κ2) is 8.29. The molecule has 30 heavy (non-hydrogen) atoms. The summed E-state index contributed by atoms with van der Waals surface area (Å²) in [5.41, 5.74) is 12.0. The monoisotopic (exact) mass is 434 g/mol. The van der Waals surface area contributed by atoms with Gasteiger partial charge in [-0.3, -0.25) is 0 Å². The van der Waals surface area contributed by atoms with Gasteiger partial charge in [-0.2, -0.15) is 0 Å². The lowest BCUT2D eigenvalue weighted by Gasteiger charge is -2.33. The molecule has 1 aliphatic rings. The van der Waals surface area contributed by atoms with Crippen molar-refractivity contribution in [3.63, 3.8) is 0 Å². The summed E-state index contributed by atoms with van der Waals surface area (Å²) >= 11 is 5.27. The number of nitrogens with zero attached hydrogens (tertiary/aromatic N) is 2. The second-order valence-electron chi connectivity index (χ2n) is 8.62. The molecule has 0 N–H and O–H groups in total. The standard InChI is InChI=1S/C26H31N2PS/c1-17-12-19(3)25(20(4)13-17)27-16-24(23-10-8-7-9-11-23)28(29(27)30)26-21(5)14-18(2)15-22(26)6/h7-15,24,30H,16H2,1-6H3. The zero-order valence-electron chi connectivity index (χ0n) is 18.8. The van der Waals surface area contributed by atoms with Gasteiger partial charge in [-0.25, -0.2) is 0 Å². The van der Waals surface area contributed by atoms with Crippen LogP contribution < -0.4 is 9.34 Å². The molecule has 0 saturated carbocycles. The first-order chi connectivity index (χ1) is 14.3. The van der Waals surface area contributed by atoms with Crippen LogP contribution in [0.15, 0.2) is 54.6 Å². The topological polar surface area (TPSA) is 6.48 Å². The van der Waals surface area contributed by atoms with Gasteiger partial charge in [0.1, 0.15) is 0 Å². The molecule has 2 nitrogen and oxygen atoms in total. The molecule has 156 valence electrons. The van der Waals surface area contributed by atoms with Crippen molar-refractivity contribution in [2.45, 2.75) is 47.6 Å². The molecule has 1 saturated heterocycles. The number of aryl methyl sites for hydroxylation is 6. The minimum atomic E-state index is -0.830. The Labute approximate surface area is 187 Å². The van der Waals surface area contributed by atoms with Gasteiger partial charge in [0.2, 0.25) is 0 Å². The largest absolute Gasteiger partial charge is 0.323 e. The van der Waals surface area contributed by atoms with Crippen molar-refractivity contribution in [3.05, 3.63) is 93.5 Å². The molecule has 4 rings (SSSR count). The van der Waals surface area contributed by atoms with Gasteiger partial charge in [0.15, 0.2) is 7.42 Å². The molecule has 1 heterocycles. The maximum absolute atomic E-state index is 5.27. The Morgan fingerprint density at radius 1 is 0.733 bits per heavy atom. The lowest BCUT2D eigenvalue weighted by Crippen LogP contribution is -2.20. The quantitative estimate of drug-likeness (QED) is 0.332. The van der Waals surface area contributed by atoms with E-state index in [4.69, 9.17) is 12.2 Å². The first kappa shape index (κ1) is 21.3. The Hall–Kier alpha value is -1.96. The van der Waals surface area contributed by atoms with E-state index in [0.29, 0.717) is 0 Å². The Bertz CT molecular complexity index is 1030. The Morgan fingerprint density at radius 3 is 1.70 bits per heavy atom. The molecule has 1 aliphatic heterocycles. The summed E-state index contributed by atoms with van der Waals surface area (Å²) in [4.78, 5) is 0. The molecule has 2 atom stereocenters. The van der Waals surface area contributed by atoms with E-state index in [1.54, 1.807) is 0 Å². The molecule has 0 spiro atoms. The number of hydrogen-bond donors (Lipinski definition) is 1. The highest BCUT2D eigenvalue weighted by molar-refractivity contribution is 8.46. The lowest BCUT2D eigenvalue weighted by molar-refractivity contribution is 0.776. The zero-order chi connectivity index (χ0) is 21.6. The lowest BCUT2D eigenvalue weighted by atomic mass is 10.0. The summed E-state index contributed by atoms with van der Waals surface area (Å²) in [6.07, 6.45) is 0. The first-order valence-electron chi connectivity index (χ1n) is 10.5. The zero-order valence-corrected chi connectivity index (χ0v) is 20.6. The molecular formula is C26H31N2PS. The number of hydrogen-bond acceptors (Lipinski definition) is 3. The molecule has 0 bridgehead atoms. The first-order valence-corrected chi connectivity index (χ1v) is 12.9. The minimum absolute atomic E-state index is 0.273. The highest BCUT2D eigenvalue weighted by Gasteiger charge is 2.41. The van der Waals surface area contributed by atoms with Crippen molar-refractivity contribution < 1.29 is 0 Å². The molecule has 4 heteroatoms. The van der Waals surface area contributed by atoms with Gasteiger partial charge >= 0.3 is 0 Å². The third-order valence-electron chi connectivity index (χ3n) is 5.99. The fraction of sp³-hybridized carbons (Fsp3) is 0.308. The Kier molecular flexibility index (Phi) is 5.88. The molecule has 0 aromatic heterocycles. The smallest absolute Gasteiger partial charge is 0.157 e. The molecule has 3 aromatic rings. The predicted octanol–water partition coefficient (Wildman–Crippen LogP) is 7.76. The fourth-order valence-corrected chi connectivity index (χ4v) is 8.12. The highest BCUT2D eigenvalue weighted by atomic mass is 32.7. The van der Waals surface area contributed by atoms with E-state index in [1.807, 2.05) is 0 Å². The molecular weight excluding hydrogens is 403 g/mol. The normalized spacial score (nSPS) is 18.9. The van der Waals surface area contributed by atoms with Crippen LogP contribution in [0.1, 0.15) is 45.0 Å². The van der Waals surface area contributed by atoms with Crippen molar-refractivity contribution in [2.24, 2.45) is 0 Å². The van der Waals surface area contributed by atoms with E-state index in [9.17, 15) is 0 Å². The summed E-state index contributed by atoms with van der Waals surface area (Å²) < 4.78 is 5.12. The minimum Gasteiger partial charge on any atom is -0.323 e. The molecule has 1 fully saturated rings. The van der Waals surface area contributed by atoms with E-state index in [2.05, 4.69) is 105 Å². The van der Waals surface area contributed by atoms with Crippen LogP contribution in [0.4, 0.5) is 11.4 Å². The van der Waals surface area contributed by atoms with Crippen molar-refractivity contribution in [2.75, 3.05) is 15.9 Å². The molecule has 0 radical (unpaired) electrons. The van der Waals surface area contributed by atoms with Crippen LogP contribution in [0, 0.1) is 41.5 Å². The highest BCUT2D eigenvalue weighted by Crippen LogP contribution is 2.63. The van der Waals surface area contributed by atoms with Gasteiger partial charge in [0.25, 0.3) is 0 Å². The summed E-state index contributed by atoms with van der Waals surface area (Å²) in [5.74, 6) is 0. The van der Waals surface area contributed by atoms with E-state index < -0.39 is 7.42 Å². The van der Waals surface area contributed by atoms with Crippen molar-refractivity contribution >= 4 is 31.0 Å². The van der Waals surface area contributed by atoms with Crippen LogP contribution in [-0.2, 0) is 0 Å². The fourth-order valence-electron chi connectivity index (χ4n) is 5.02. The van der Waals surface area contributed by atoms with Gasteiger partial charge in [-0.15, -0.1) is 12.2 Å². The number of rotatable bonds is 3. The van der Waals surface area contributed by atoms with Crippen LogP contribution in [0.5, 0.6) is 0 Å². The van der Waals surface area contributed by atoms with Gasteiger partial charge < -0.3 is 9.34 Å². The number of thiol groups is 1. The van der Waals surface area contributed by atoms with E-state index in [1.165, 1.54) is 50.3 Å². The van der Waals surface area contributed by atoms with E-state index in [-0.39, 0.29) is 6.04 Å². The maximum Gasteiger partial charge on any atom is 0.157 e. The summed E-state index contributed by atoms with van der Waals surface area (Å²) in [5, 5.41) is 0. The van der Waals surface area contributed by atoms with Gasteiger partial charge in [0.05, 0.1) is 6.04 Å². The molecule has 2 unspecified atom stereocenters. The van der Waals surface area contributed by atoms with Crippen LogP contribution in [-0.4, -0.2) is 6.54 Å². The Balaban J connectivity index is 1.88. The summed E-state index contributed by atoms with van der Waals surface area (Å²) in [6, 6.07) is 20.4. The van der Waals surface area contributed by atoms with Gasteiger partial charge in [-0.05, 0) is 69.4 Å². The maximum atomic E-state index is 5.27. The molecule has 3 aromatic carbocycles. The average molecular weight is 435 g/mol. The molecule has 0 amide bonds. The Morgan fingerprint density at radius 2 is 1.20 bits per heavy atom. The van der Waals surface area contributed by atoms with E-state index in [0.717, 1.165) is 6.54 Å². The van der Waals surface area contributed by atoms with Crippen molar-refractivity contribution in [3.8, 4) is 0 Å². The van der Waals surface area contributed by atoms with Crippen LogP contribution >= 0.6 is 19.7 Å². The van der Waals surface area contributed by atoms with Crippen molar-refractivity contribution in [1.82, 2.24) is 0 Å². The van der Waals surface area contributed by atoms with Crippen LogP contribution in [0.3, 0.4) is 0 Å². The second-order valence-corrected chi connectivity index (χ2v) is 11.1. The van der Waals surface area contributed by atoms with E-state index >= 15 is 0 Å². The van der Waals surface area contributed by atoms with Crippen molar-refractivity contribution in [1.29, 1.82) is 0 Å². The number of anilines is 2. The van der Waals surface area contributed by atoms with Gasteiger partial charge in [0, 0.05) is 17.9 Å². The van der Waals surface area contributed by atoms with Gasteiger partial charge in [-0.1, -0.05) is 65.7 Å². The van der Waals surface area contributed by atoms with Crippen LogP contribution in [0.2, 0.25) is 0 Å². The van der Waals surface area contributed by atoms with Crippen LogP contribution in [0.25, 0.3) is 0 Å². The summed E-state index contributed by atoms with van der Waals surface area (Å²) in [6.45, 7) is 14.2.